The molecule has 1 aliphatic carbocycles. The van der Waals surface area contributed by atoms with Gasteiger partial charge < -0.3 is 9.67 Å². The van der Waals surface area contributed by atoms with Gasteiger partial charge in [0.25, 0.3) is 0 Å². The van der Waals surface area contributed by atoms with Gasteiger partial charge in [0, 0.05) is 23.2 Å². The molecular weight excluding hydrogens is 306 g/mol. The first-order valence-electron chi connectivity index (χ1n) is 7.18. The summed E-state index contributed by atoms with van der Waals surface area (Å²) < 4.78 is 2.16. The first-order valence-corrected chi connectivity index (χ1v) is 8.54. The smallest absolute Gasteiger partial charge is 0.191 e. The molecule has 0 bridgehead atoms. The SMILES string of the molecule is CCn1c(SCC(O)c2cccc(Cl)c2)nnc1C1CC1. The predicted octanol–water partition coefficient (Wildman–Crippen LogP) is 3.65. The number of nitrogens with zero attached hydrogens (tertiary/aromatic N) is 3. The van der Waals surface area contributed by atoms with E-state index in [1.54, 1.807) is 23.9 Å². The molecule has 1 heterocycles. The van der Waals surface area contributed by atoms with Crippen molar-refractivity contribution < 1.29 is 5.11 Å². The van der Waals surface area contributed by atoms with E-state index in [9.17, 15) is 5.11 Å². The van der Waals surface area contributed by atoms with E-state index < -0.39 is 6.10 Å². The lowest BCUT2D eigenvalue weighted by Crippen LogP contribution is -2.05. The van der Waals surface area contributed by atoms with Crippen molar-refractivity contribution in [2.75, 3.05) is 5.75 Å². The molecule has 1 saturated carbocycles. The maximum absolute atomic E-state index is 10.3. The molecule has 0 radical (unpaired) electrons. The Morgan fingerprint density at radius 1 is 1.43 bits per heavy atom. The summed E-state index contributed by atoms with van der Waals surface area (Å²) in [6, 6.07) is 7.34. The van der Waals surface area contributed by atoms with Gasteiger partial charge in [0.1, 0.15) is 5.82 Å². The third kappa shape index (κ3) is 3.42. The van der Waals surface area contributed by atoms with Gasteiger partial charge in [-0.15, -0.1) is 10.2 Å². The van der Waals surface area contributed by atoms with E-state index in [-0.39, 0.29) is 0 Å². The Morgan fingerprint density at radius 2 is 2.24 bits per heavy atom. The third-order valence-electron chi connectivity index (χ3n) is 3.61. The third-order valence-corrected chi connectivity index (χ3v) is 4.89. The van der Waals surface area contributed by atoms with E-state index in [2.05, 4.69) is 21.7 Å². The average molecular weight is 324 g/mol. The lowest BCUT2D eigenvalue weighted by molar-refractivity contribution is 0.204. The Hall–Kier alpha value is -1.04. The van der Waals surface area contributed by atoms with Crippen molar-refractivity contribution in [2.45, 2.75) is 43.5 Å². The molecule has 0 saturated heterocycles. The van der Waals surface area contributed by atoms with Crippen LogP contribution in [0.4, 0.5) is 0 Å². The van der Waals surface area contributed by atoms with Crippen molar-refractivity contribution in [3.05, 3.63) is 40.7 Å². The summed E-state index contributed by atoms with van der Waals surface area (Å²) in [5, 5.41) is 20.4. The van der Waals surface area contributed by atoms with Crippen LogP contribution in [0.2, 0.25) is 5.02 Å². The molecule has 1 aromatic carbocycles. The molecule has 4 nitrogen and oxygen atoms in total. The Morgan fingerprint density at radius 3 is 2.90 bits per heavy atom. The van der Waals surface area contributed by atoms with Gasteiger partial charge in [-0.2, -0.15) is 0 Å². The maximum atomic E-state index is 10.3. The minimum atomic E-state index is -0.555. The van der Waals surface area contributed by atoms with Crippen LogP contribution in [-0.4, -0.2) is 25.6 Å². The van der Waals surface area contributed by atoms with Crippen LogP contribution in [0.3, 0.4) is 0 Å². The molecule has 0 amide bonds. The average Bonchev–Trinajstić information content (AvgIpc) is 3.25. The Bertz CT molecular complexity index is 627. The van der Waals surface area contributed by atoms with Crippen LogP contribution in [0.5, 0.6) is 0 Å². The number of aromatic nitrogens is 3. The second-order valence-electron chi connectivity index (χ2n) is 5.24. The summed E-state index contributed by atoms with van der Waals surface area (Å²) in [5.41, 5.74) is 0.833. The summed E-state index contributed by atoms with van der Waals surface area (Å²) in [5.74, 6) is 2.23. The standard InChI is InChI=1S/C15H18ClN3OS/c1-2-19-14(10-6-7-10)17-18-15(19)21-9-13(20)11-4-3-5-12(16)8-11/h3-5,8,10,13,20H,2,6-7,9H2,1H3. The fourth-order valence-corrected chi connectivity index (χ4v) is 3.49. The fraction of sp³-hybridized carbons (Fsp3) is 0.467. The van der Waals surface area contributed by atoms with Gasteiger partial charge in [-0.05, 0) is 37.5 Å². The number of hydrogen-bond acceptors (Lipinski definition) is 4. The van der Waals surface area contributed by atoms with Gasteiger partial charge in [-0.1, -0.05) is 35.5 Å². The minimum absolute atomic E-state index is 0.545. The molecule has 1 aromatic heterocycles. The number of aliphatic hydroxyl groups is 1. The number of halogens is 1. The van der Waals surface area contributed by atoms with Gasteiger partial charge in [0.15, 0.2) is 5.16 Å². The highest BCUT2D eigenvalue weighted by atomic mass is 35.5. The van der Waals surface area contributed by atoms with E-state index in [0.717, 1.165) is 23.1 Å². The van der Waals surface area contributed by atoms with E-state index in [1.807, 2.05) is 12.1 Å². The number of benzene rings is 1. The van der Waals surface area contributed by atoms with E-state index in [1.165, 1.54) is 12.8 Å². The number of hydrogen-bond donors (Lipinski definition) is 1. The zero-order chi connectivity index (χ0) is 14.8. The molecule has 6 heteroatoms. The van der Waals surface area contributed by atoms with Crippen molar-refractivity contribution >= 4 is 23.4 Å². The highest BCUT2D eigenvalue weighted by Gasteiger charge is 2.30. The molecule has 1 N–H and O–H groups in total. The summed E-state index contributed by atoms with van der Waals surface area (Å²) in [4.78, 5) is 0. The molecular formula is C15H18ClN3OS. The Balaban J connectivity index is 1.67. The van der Waals surface area contributed by atoms with Gasteiger partial charge in [-0.3, -0.25) is 0 Å². The lowest BCUT2D eigenvalue weighted by atomic mass is 10.1. The first kappa shape index (κ1) is 14.9. The number of aliphatic hydroxyl groups excluding tert-OH is 1. The monoisotopic (exact) mass is 323 g/mol. The quantitative estimate of drug-likeness (QED) is 0.824. The number of thioether (sulfide) groups is 1. The fourth-order valence-electron chi connectivity index (χ4n) is 2.31. The molecule has 112 valence electrons. The molecule has 0 aliphatic heterocycles. The highest BCUT2D eigenvalue weighted by Crippen LogP contribution is 2.40. The molecule has 1 atom stereocenters. The molecule has 21 heavy (non-hydrogen) atoms. The van der Waals surface area contributed by atoms with Crippen molar-refractivity contribution in [3.63, 3.8) is 0 Å². The second kappa shape index (κ2) is 6.38. The minimum Gasteiger partial charge on any atom is -0.388 e. The summed E-state index contributed by atoms with van der Waals surface area (Å²) in [7, 11) is 0. The van der Waals surface area contributed by atoms with Crippen molar-refractivity contribution in [2.24, 2.45) is 0 Å². The largest absolute Gasteiger partial charge is 0.388 e. The Kier molecular flexibility index (Phi) is 4.52. The van der Waals surface area contributed by atoms with E-state index in [4.69, 9.17) is 11.6 Å². The van der Waals surface area contributed by atoms with Crippen molar-refractivity contribution in [1.29, 1.82) is 0 Å². The molecule has 1 unspecified atom stereocenters. The van der Waals surface area contributed by atoms with Crippen LogP contribution in [-0.2, 0) is 6.54 Å². The summed E-state index contributed by atoms with van der Waals surface area (Å²) in [6.07, 6.45) is 1.88. The highest BCUT2D eigenvalue weighted by molar-refractivity contribution is 7.99. The van der Waals surface area contributed by atoms with Gasteiger partial charge >= 0.3 is 0 Å². The van der Waals surface area contributed by atoms with Crippen LogP contribution in [0.15, 0.2) is 29.4 Å². The van der Waals surface area contributed by atoms with Gasteiger partial charge in [0.2, 0.25) is 0 Å². The molecule has 2 aromatic rings. The van der Waals surface area contributed by atoms with Gasteiger partial charge in [0.05, 0.1) is 6.10 Å². The zero-order valence-electron chi connectivity index (χ0n) is 11.9. The normalized spacial score (nSPS) is 16.1. The van der Waals surface area contributed by atoms with Crippen LogP contribution in [0.1, 0.15) is 43.2 Å². The van der Waals surface area contributed by atoms with Crippen LogP contribution in [0.25, 0.3) is 0 Å². The first-order chi connectivity index (χ1) is 10.2. The van der Waals surface area contributed by atoms with Crippen LogP contribution >= 0.6 is 23.4 Å². The lowest BCUT2D eigenvalue weighted by Gasteiger charge is -2.11. The van der Waals surface area contributed by atoms with Crippen LogP contribution in [0, 0.1) is 0 Å². The van der Waals surface area contributed by atoms with Crippen molar-refractivity contribution in [1.82, 2.24) is 14.8 Å². The Labute approximate surface area is 133 Å². The van der Waals surface area contributed by atoms with Crippen molar-refractivity contribution in [3.8, 4) is 0 Å². The summed E-state index contributed by atoms with van der Waals surface area (Å²) in [6.45, 7) is 2.97. The van der Waals surface area contributed by atoms with Crippen LogP contribution < -0.4 is 0 Å². The molecule has 0 spiro atoms. The molecule has 3 rings (SSSR count). The number of rotatable bonds is 6. The van der Waals surface area contributed by atoms with E-state index in [0.29, 0.717) is 16.7 Å². The summed E-state index contributed by atoms with van der Waals surface area (Å²) >= 11 is 7.50. The second-order valence-corrected chi connectivity index (χ2v) is 6.66. The molecule has 1 aliphatic rings. The van der Waals surface area contributed by atoms with E-state index >= 15 is 0 Å². The van der Waals surface area contributed by atoms with Gasteiger partial charge in [-0.25, -0.2) is 0 Å². The topological polar surface area (TPSA) is 50.9 Å². The maximum Gasteiger partial charge on any atom is 0.191 e. The zero-order valence-corrected chi connectivity index (χ0v) is 13.4. The predicted molar refractivity (Wildman–Crippen MR) is 84.8 cm³/mol. The molecule has 1 fully saturated rings.